The highest BCUT2D eigenvalue weighted by Crippen LogP contribution is 2.21. The van der Waals surface area contributed by atoms with E-state index in [9.17, 15) is 0 Å². The molecule has 1 aliphatic rings. The summed E-state index contributed by atoms with van der Waals surface area (Å²) in [6.45, 7) is 4.50. The molecule has 1 fully saturated rings. The van der Waals surface area contributed by atoms with Crippen molar-refractivity contribution in [2.75, 3.05) is 0 Å². The third-order valence-corrected chi connectivity index (χ3v) is 2.70. The highest BCUT2D eigenvalue weighted by molar-refractivity contribution is 6.48. The summed E-state index contributed by atoms with van der Waals surface area (Å²) >= 11 is 0. The maximum Gasteiger partial charge on any atom is 0.171 e. The molecule has 0 aromatic heterocycles. The molecule has 1 saturated carbocycles. The van der Waals surface area contributed by atoms with E-state index in [1.807, 2.05) is 0 Å². The van der Waals surface area contributed by atoms with Crippen LogP contribution in [0.3, 0.4) is 0 Å². The largest absolute Gasteiger partial charge is 0.418 e. The summed E-state index contributed by atoms with van der Waals surface area (Å²) in [5, 5.41) is 0. The molecule has 2 heteroatoms. The first-order chi connectivity index (χ1) is 4.29. The summed E-state index contributed by atoms with van der Waals surface area (Å²) < 4.78 is 5.75. The molecule has 0 atom stereocenters. The van der Waals surface area contributed by atoms with Gasteiger partial charge in [-0.2, -0.15) is 0 Å². The summed E-state index contributed by atoms with van der Waals surface area (Å²) in [5.41, 5.74) is 0. The molecule has 0 bridgehead atoms. The molecule has 0 amide bonds. The molecule has 1 aliphatic carbocycles. The van der Waals surface area contributed by atoms with E-state index in [4.69, 9.17) is 4.43 Å². The molecule has 0 aliphatic heterocycles. The lowest BCUT2D eigenvalue weighted by atomic mass is 10.3. The Morgan fingerprint density at radius 1 is 1.22 bits per heavy atom. The molecule has 1 rings (SSSR count). The Morgan fingerprint density at radius 2 is 1.78 bits per heavy atom. The van der Waals surface area contributed by atoms with Crippen LogP contribution in [0.25, 0.3) is 0 Å². The van der Waals surface area contributed by atoms with Crippen molar-refractivity contribution in [3.8, 4) is 0 Å². The number of rotatable bonds is 2. The Labute approximate surface area is 59.1 Å². The first kappa shape index (κ1) is 7.29. The number of hydrogen-bond acceptors (Lipinski definition) is 1. The van der Waals surface area contributed by atoms with Gasteiger partial charge in [-0.1, -0.05) is 12.8 Å². The predicted molar refractivity (Wildman–Crippen MR) is 42.2 cm³/mol. The van der Waals surface area contributed by atoms with Crippen molar-refractivity contribution in [3.63, 3.8) is 0 Å². The summed E-state index contributed by atoms with van der Waals surface area (Å²) in [5.74, 6) is 0. The van der Waals surface area contributed by atoms with Gasteiger partial charge in [0.1, 0.15) is 0 Å². The Hall–Kier alpha value is 0.177. The van der Waals surface area contributed by atoms with Crippen molar-refractivity contribution >= 4 is 9.04 Å². The van der Waals surface area contributed by atoms with Crippen LogP contribution >= 0.6 is 0 Å². The highest BCUT2D eigenvalue weighted by atomic mass is 28.3. The smallest absolute Gasteiger partial charge is 0.171 e. The minimum atomic E-state index is -0.724. The molecule has 0 aromatic carbocycles. The van der Waals surface area contributed by atoms with Crippen LogP contribution in [-0.2, 0) is 4.43 Å². The van der Waals surface area contributed by atoms with Crippen LogP contribution in [0.4, 0.5) is 0 Å². The predicted octanol–water partition coefficient (Wildman–Crippen LogP) is 1.93. The molecule has 0 heterocycles. The molecular formula is C7H16OSi. The maximum atomic E-state index is 5.75. The molecule has 1 nitrogen and oxygen atoms in total. The van der Waals surface area contributed by atoms with Gasteiger partial charge >= 0.3 is 0 Å². The van der Waals surface area contributed by atoms with E-state index in [-0.39, 0.29) is 0 Å². The normalized spacial score (nSPS) is 21.7. The van der Waals surface area contributed by atoms with Gasteiger partial charge in [0.05, 0.1) is 0 Å². The van der Waals surface area contributed by atoms with Gasteiger partial charge < -0.3 is 4.43 Å². The fraction of sp³-hybridized carbons (Fsp3) is 1.00. The van der Waals surface area contributed by atoms with Crippen LogP contribution in [0, 0.1) is 0 Å². The van der Waals surface area contributed by atoms with E-state index >= 15 is 0 Å². The molecule has 0 N–H and O–H groups in total. The van der Waals surface area contributed by atoms with Crippen LogP contribution in [0.15, 0.2) is 0 Å². The third kappa shape index (κ3) is 2.50. The van der Waals surface area contributed by atoms with E-state index in [2.05, 4.69) is 13.1 Å². The first-order valence-electron chi connectivity index (χ1n) is 3.94. The zero-order valence-corrected chi connectivity index (χ0v) is 7.55. The lowest BCUT2D eigenvalue weighted by molar-refractivity contribution is 0.213. The Balaban J connectivity index is 2.11. The van der Waals surface area contributed by atoms with E-state index in [1.54, 1.807) is 0 Å². The summed E-state index contributed by atoms with van der Waals surface area (Å²) in [4.78, 5) is 0. The average molecular weight is 144 g/mol. The standard InChI is InChI=1S/C7H16OSi/c1-9(2)8-7-5-3-4-6-7/h7,9H,3-6H2,1-2H3. The maximum absolute atomic E-state index is 5.75. The monoisotopic (exact) mass is 144 g/mol. The van der Waals surface area contributed by atoms with Gasteiger partial charge in [-0.05, 0) is 25.9 Å². The number of hydrogen-bond donors (Lipinski definition) is 0. The Morgan fingerprint density at radius 3 is 2.22 bits per heavy atom. The quantitative estimate of drug-likeness (QED) is 0.538. The third-order valence-electron chi connectivity index (χ3n) is 1.77. The van der Waals surface area contributed by atoms with Gasteiger partial charge in [-0.15, -0.1) is 0 Å². The fourth-order valence-electron chi connectivity index (χ4n) is 1.41. The molecule has 0 radical (unpaired) electrons. The van der Waals surface area contributed by atoms with E-state index in [1.165, 1.54) is 25.7 Å². The molecule has 0 spiro atoms. The molecule has 0 unspecified atom stereocenters. The average Bonchev–Trinajstić information content (AvgIpc) is 2.15. The zero-order valence-electron chi connectivity index (χ0n) is 6.39. The van der Waals surface area contributed by atoms with Crippen LogP contribution in [0.1, 0.15) is 25.7 Å². The minimum absolute atomic E-state index is 0.650. The van der Waals surface area contributed by atoms with E-state index < -0.39 is 9.04 Å². The first-order valence-corrected chi connectivity index (χ1v) is 6.72. The summed E-state index contributed by atoms with van der Waals surface area (Å²) in [6.07, 6.45) is 6.09. The van der Waals surface area contributed by atoms with E-state index in [0.717, 1.165) is 0 Å². The topological polar surface area (TPSA) is 9.23 Å². The van der Waals surface area contributed by atoms with Gasteiger partial charge in [-0.3, -0.25) is 0 Å². The van der Waals surface area contributed by atoms with Crippen LogP contribution in [0.5, 0.6) is 0 Å². The van der Waals surface area contributed by atoms with Gasteiger partial charge in [-0.25, -0.2) is 0 Å². The lowest BCUT2D eigenvalue weighted by Crippen LogP contribution is -2.16. The molecule has 54 valence electrons. The van der Waals surface area contributed by atoms with Crippen molar-refractivity contribution in [3.05, 3.63) is 0 Å². The second-order valence-electron chi connectivity index (χ2n) is 3.09. The minimum Gasteiger partial charge on any atom is -0.418 e. The van der Waals surface area contributed by atoms with Crippen LogP contribution in [-0.4, -0.2) is 15.1 Å². The molecule has 0 aromatic rings. The zero-order chi connectivity index (χ0) is 6.69. The lowest BCUT2D eigenvalue weighted by Gasteiger charge is -2.12. The molecular weight excluding hydrogens is 128 g/mol. The Bertz CT molecular complexity index is 77.0. The summed E-state index contributed by atoms with van der Waals surface area (Å²) in [6, 6.07) is 0. The van der Waals surface area contributed by atoms with Gasteiger partial charge in [0, 0.05) is 6.10 Å². The van der Waals surface area contributed by atoms with Crippen LogP contribution in [0.2, 0.25) is 13.1 Å². The van der Waals surface area contributed by atoms with Crippen molar-refractivity contribution in [1.82, 2.24) is 0 Å². The highest BCUT2D eigenvalue weighted by Gasteiger charge is 2.15. The Kier molecular flexibility index (Phi) is 2.73. The second-order valence-corrected chi connectivity index (χ2v) is 5.46. The summed E-state index contributed by atoms with van der Waals surface area (Å²) in [7, 11) is -0.724. The van der Waals surface area contributed by atoms with Crippen molar-refractivity contribution < 1.29 is 4.43 Å². The van der Waals surface area contributed by atoms with Crippen molar-refractivity contribution in [2.45, 2.75) is 44.9 Å². The van der Waals surface area contributed by atoms with Gasteiger partial charge in [0.2, 0.25) is 0 Å². The second kappa shape index (κ2) is 3.37. The van der Waals surface area contributed by atoms with Crippen LogP contribution < -0.4 is 0 Å². The van der Waals surface area contributed by atoms with E-state index in [0.29, 0.717) is 6.10 Å². The molecule has 0 saturated heterocycles. The van der Waals surface area contributed by atoms with Crippen molar-refractivity contribution in [2.24, 2.45) is 0 Å². The van der Waals surface area contributed by atoms with Gasteiger partial charge in [0.15, 0.2) is 9.04 Å². The SMILES string of the molecule is C[SiH](C)OC1CCCC1. The van der Waals surface area contributed by atoms with Crippen molar-refractivity contribution in [1.29, 1.82) is 0 Å². The van der Waals surface area contributed by atoms with Gasteiger partial charge in [0.25, 0.3) is 0 Å². The fourth-order valence-corrected chi connectivity index (χ4v) is 2.45. The molecule has 9 heavy (non-hydrogen) atoms.